The molecule has 2 aromatic rings. The van der Waals surface area contributed by atoms with E-state index in [4.69, 9.17) is 21.4 Å². The first kappa shape index (κ1) is 18.0. The minimum absolute atomic E-state index is 0.0486. The number of ether oxygens (including phenoxy) is 1. The maximum Gasteiger partial charge on any atom is 0.324 e. The van der Waals surface area contributed by atoms with Crippen LogP contribution in [0.5, 0.6) is 5.75 Å². The number of anilines is 1. The SMILES string of the molecule is COc1ccc(N(CC(=O)O)S(=O)(=O)c2ccc(F)cc2)cc1Cl. The first-order chi connectivity index (χ1) is 11.3. The van der Waals surface area contributed by atoms with Crippen molar-refractivity contribution in [1.29, 1.82) is 0 Å². The largest absolute Gasteiger partial charge is 0.495 e. The third kappa shape index (κ3) is 3.77. The number of sulfonamides is 1. The lowest BCUT2D eigenvalue weighted by Crippen LogP contribution is -2.35. The van der Waals surface area contributed by atoms with Gasteiger partial charge in [-0.05, 0) is 42.5 Å². The lowest BCUT2D eigenvalue weighted by Gasteiger charge is -2.23. The van der Waals surface area contributed by atoms with Crippen molar-refractivity contribution >= 4 is 33.3 Å². The van der Waals surface area contributed by atoms with Crippen LogP contribution in [0.15, 0.2) is 47.4 Å². The number of benzene rings is 2. The molecule has 0 aliphatic carbocycles. The summed E-state index contributed by atoms with van der Waals surface area (Å²) in [6, 6.07) is 8.15. The van der Waals surface area contributed by atoms with Gasteiger partial charge < -0.3 is 9.84 Å². The lowest BCUT2D eigenvalue weighted by atomic mass is 10.3. The number of rotatable bonds is 6. The van der Waals surface area contributed by atoms with E-state index in [1.165, 1.54) is 25.3 Å². The molecule has 6 nitrogen and oxygen atoms in total. The average Bonchev–Trinajstić information content (AvgIpc) is 2.52. The highest BCUT2D eigenvalue weighted by molar-refractivity contribution is 7.92. The van der Waals surface area contributed by atoms with Crippen LogP contribution in [0.4, 0.5) is 10.1 Å². The maximum absolute atomic E-state index is 13.0. The van der Waals surface area contributed by atoms with Crippen LogP contribution in [0.1, 0.15) is 0 Å². The summed E-state index contributed by atoms with van der Waals surface area (Å²) in [5.74, 6) is -1.64. The van der Waals surface area contributed by atoms with Crippen molar-refractivity contribution in [2.24, 2.45) is 0 Å². The van der Waals surface area contributed by atoms with Crippen molar-refractivity contribution < 1.29 is 27.4 Å². The van der Waals surface area contributed by atoms with Crippen LogP contribution in [-0.4, -0.2) is 33.1 Å². The molecule has 9 heteroatoms. The fourth-order valence-electron chi connectivity index (χ4n) is 1.98. The Balaban J connectivity index is 2.54. The third-order valence-corrected chi connectivity index (χ3v) is 5.19. The normalized spacial score (nSPS) is 11.1. The Morgan fingerprint density at radius 3 is 2.38 bits per heavy atom. The van der Waals surface area contributed by atoms with Gasteiger partial charge in [-0.15, -0.1) is 0 Å². The second kappa shape index (κ2) is 7.06. The predicted molar refractivity (Wildman–Crippen MR) is 86.6 cm³/mol. The molecule has 2 rings (SSSR count). The Kier molecular flexibility index (Phi) is 5.30. The Hall–Kier alpha value is -2.32. The van der Waals surface area contributed by atoms with Crippen molar-refractivity contribution in [3.63, 3.8) is 0 Å². The average molecular weight is 374 g/mol. The van der Waals surface area contributed by atoms with Gasteiger partial charge in [-0.3, -0.25) is 9.10 Å². The highest BCUT2D eigenvalue weighted by Gasteiger charge is 2.27. The summed E-state index contributed by atoms with van der Waals surface area (Å²) in [5.41, 5.74) is 0.0486. The van der Waals surface area contributed by atoms with Crippen LogP contribution in [0.25, 0.3) is 0 Å². The van der Waals surface area contributed by atoms with Gasteiger partial charge >= 0.3 is 5.97 Å². The second-order valence-corrected chi connectivity index (χ2v) is 6.95. The molecule has 1 N–H and O–H groups in total. The van der Waals surface area contributed by atoms with E-state index in [1.807, 2.05) is 0 Å². The molecule has 0 aliphatic rings. The van der Waals surface area contributed by atoms with Crippen molar-refractivity contribution in [3.8, 4) is 5.75 Å². The highest BCUT2D eigenvalue weighted by atomic mass is 35.5. The van der Waals surface area contributed by atoms with Gasteiger partial charge in [0.1, 0.15) is 18.1 Å². The van der Waals surface area contributed by atoms with Gasteiger partial charge in [0.25, 0.3) is 10.0 Å². The number of carboxylic acid groups (broad SMARTS) is 1. The standard InChI is InChI=1S/C15H13ClFNO5S/c1-23-14-7-4-11(8-13(14)16)18(9-15(19)20)24(21,22)12-5-2-10(17)3-6-12/h2-8H,9H2,1H3,(H,19,20). The van der Waals surface area contributed by atoms with Gasteiger partial charge in [0, 0.05) is 0 Å². The third-order valence-electron chi connectivity index (χ3n) is 3.10. The number of hydrogen-bond acceptors (Lipinski definition) is 4. The van der Waals surface area contributed by atoms with Crippen LogP contribution in [0.3, 0.4) is 0 Å². The quantitative estimate of drug-likeness (QED) is 0.841. The maximum atomic E-state index is 13.0. The number of methoxy groups -OCH3 is 1. The summed E-state index contributed by atoms with van der Waals surface area (Å²) < 4.78 is 44.1. The van der Waals surface area contributed by atoms with E-state index < -0.39 is 28.4 Å². The Morgan fingerprint density at radius 2 is 1.88 bits per heavy atom. The molecule has 0 saturated carbocycles. The molecule has 0 atom stereocenters. The molecule has 0 radical (unpaired) electrons. The predicted octanol–water partition coefficient (Wildman–Crippen LogP) is 2.77. The summed E-state index contributed by atoms with van der Waals surface area (Å²) >= 11 is 5.98. The summed E-state index contributed by atoms with van der Waals surface area (Å²) in [4.78, 5) is 10.9. The summed E-state index contributed by atoms with van der Waals surface area (Å²) in [6.07, 6.45) is 0. The Bertz CT molecular complexity index is 855. The van der Waals surface area contributed by atoms with E-state index >= 15 is 0 Å². The molecule has 0 amide bonds. The number of halogens is 2. The molecule has 0 aromatic heterocycles. The molecule has 0 spiro atoms. The lowest BCUT2D eigenvalue weighted by molar-refractivity contribution is -0.135. The minimum Gasteiger partial charge on any atom is -0.495 e. The van der Waals surface area contributed by atoms with Crippen molar-refractivity contribution in [1.82, 2.24) is 0 Å². The zero-order chi connectivity index (χ0) is 17.9. The molecule has 0 saturated heterocycles. The van der Waals surface area contributed by atoms with E-state index in [0.29, 0.717) is 10.1 Å². The van der Waals surface area contributed by atoms with Gasteiger partial charge in [-0.25, -0.2) is 12.8 Å². The topological polar surface area (TPSA) is 83.9 Å². The molecule has 0 heterocycles. The van der Waals surface area contributed by atoms with Crippen molar-refractivity contribution in [2.75, 3.05) is 18.0 Å². The minimum atomic E-state index is -4.22. The van der Waals surface area contributed by atoms with Crippen LogP contribution in [0.2, 0.25) is 5.02 Å². The molecule has 128 valence electrons. The number of carbonyl (C=O) groups is 1. The van der Waals surface area contributed by atoms with Gasteiger partial charge in [0.2, 0.25) is 0 Å². The molecular formula is C15H13ClFNO5S. The van der Waals surface area contributed by atoms with Crippen LogP contribution < -0.4 is 9.04 Å². The number of hydrogen-bond donors (Lipinski definition) is 1. The number of carboxylic acids is 1. The zero-order valence-electron chi connectivity index (χ0n) is 12.4. The van der Waals surface area contributed by atoms with Crippen LogP contribution in [0, 0.1) is 5.82 Å². The summed E-state index contributed by atoms with van der Waals surface area (Å²) in [7, 11) is -2.82. The summed E-state index contributed by atoms with van der Waals surface area (Å²) in [5, 5.41) is 9.17. The Morgan fingerprint density at radius 1 is 1.25 bits per heavy atom. The molecule has 0 unspecified atom stereocenters. The molecule has 2 aromatic carbocycles. The molecule has 0 aliphatic heterocycles. The van der Waals surface area contributed by atoms with Crippen molar-refractivity contribution in [2.45, 2.75) is 4.90 Å². The van der Waals surface area contributed by atoms with E-state index in [0.717, 1.165) is 24.3 Å². The molecule has 0 bridgehead atoms. The van der Waals surface area contributed by atoms with Crippen molar-refractivity contribution in [3.05, 3.63) is 53.3 Å². The molecular weight excluding hydrogens is 361 g/mol. The molecule has 0 fully saturated rings. The zero-order valence-corrected chi connectivity index (χ0v) is 14.0. The smallest absolute Gasteiger partial charge is 0.324 e. The summed E-state index contributed by atoms with van der Waals surface area (Å²) in [6.45, 7) is -0.817. The van der Waals surface area contributed by atoms with E-state index in [2.05, 4.69) is 0 Å². The number of aliphatic carboxylic acids is 1. The fourth-order valence-corrected chi connectivity index (χ4v) is 3.64. The second-order valence-electron chi connectivity index (χ2n) is 4.68. The van der Waals surface area contributed by atoms with Gasteiger partial charge in [0.15, 0.2) is 0 Å². The van der Waals surface area contributed by atoms with E-state index in [-0.39, 0.29) is 15.6 Å². The van der Waals surface area contributed by atoms with Gasteiger partial charge in [-0.1, -0.05) is 11.6 Å². The first-order valence-corrected chi connectivity index (χ1v) is 8.41. The van der Waals surface area contributed by atoms with Crippen LogP contribution >= 0.6 is 11.6 Å². The molecule has 24 heavy (non-hydrogen) atoms. The Labute approximate surface area is 143 Å². The highest BCUT2D eigenvalue weighted by Crippen LogP contribution is 2.31. The van der Waals surface area contributed by atoms with Gasteiger partial charge in [-0.2, -0.15) is 0 Å². The van der Waals surface area contributed by atoms with Crippen LogP contribution in [-0.2, 0) is 14.8 Å². The van der Waals surface area contributed by atoms with Gasteiger partial charge in [0.05, 0.1) is 22.7 Å². The number of nitrogens with zero attached hydrogens (tertiary/aromatic N) is 1. The monoisotopic (exact) mass is 373 g/mol. The first-order valence-electron chi connectivity index (χ1n) is 6.59. The fraction of sp³-hybridized carbons (Fsp3) is 0.133. The van der Waals surface area contributed by atoms with E-state index in [1.54, 1.807) is 0 Å². The van der Waals surface area contributed by atoms with E-state index in [9.17, 15) is 17.6 Å².